The SMILES string of the molecule is CCNCC(C)(O)c1ccnc(OCC)c1F. The number of aromatic nitrogens is 1. The topological polar surface area (TPSA) is 54.4 Å². The van der Waals surface area contributed by atoms with Gasteiger partial charge >= 0.3 is 0 Å². The lowest BCUT2D eigenvalue weighted by molar-refractivity contribution is 0.0529. The van der Waals surface area contributed by atoms with Gasteiger partial charge in [-0.1, -0.05) is 6.92 Å². The molecule has 0 aromatic carbocycles. The second-order valence-corrected chi connectivity index (χ2v) is 3.96. The van der Waals surface area contributed by atoms with Crippen molar-refractivity contribution in [3.63, 3.8) is 0 Å². The van der Waals surface area contributed by atoms with Crippen molar-refractivity contribution in [2.75, 3.05) is 19.7 Å². The quantitative estimate of drug-likeness (QED) is 0.792. The van der Waals surface area contributed by atoms with Gasteiger partial charge in [-0.05, 0) is 26.5 Å². The minimum Gasteiger partial charge on any atom is -0.476 e. The third-order valence-corrected chi connectivity index (χ3v) is 2.44. The molecule has 5 heteroatoms. The molecule has 0 saturated heterocycles. The zero-order valence-corrected chi connectivity index (χ0v) is 10.5. The molecule has 96 valence electrons. The van der Waals surface area contributed by atoms with Gasteiger partial charge < -0.3 is 15.2 Å². The van der Waals surface area contributed by atoms with Crippen molar-refractivity contribution in [1.29, 1.82) is 0 Å². The molecular weight excluding hydrogens is 223 g/mol. The second kappa shape index (κ2) is 5.93. The third kappa shape index (κ3) is 3.38. The number of nitrogens with zero attached hydrogens (tertiary/aromatic N) is 1. The monoisotopic (exact) mass is 242 g/mol. The molecule has 1 aromatic rings. The number of nitrogens with one attached hydrogen (secondary N) is 1. The van der Waals surface area contributed by atoms with E-state index in [1.165, 1.54) is 12.3 Å². The van der Waals surface area contributed by atoms with E-state index in [-0.39, 0.29) is 18.0 Å². The van der Waals surface area contributed by atoms with Gasteiger partial charge in [0.1, 0.15) is 5.60 Å². The molecule has 0 aliphatic rings. The van der Waals surface area contributed by atoms with Crippen LogP contribution in [0, 0.1) is 5.82 Å². The van der Waals surface area contributed by atoms with E-state index in [1.807, 2.05) is 6.92 Å². The molecule has 0 fully saturated rings. The van der Waals surface area contributed by atoms with E-state index in [2.05, 4.69) is 10.3 Å². The molecule has 0 aliphatic carbocycles. The number of aliphatic hydroxyl groups is 1. The van der Waals surface area contributed by atoms with Crippen molar-refractivity contribution in [2.45, 2.75) is 26.4 Å². The van der Waals surface area contributed by atoms with Crippen LogP contribution in [0.4, 0.5) is 4.39 Å². The lowest BCUT2D eigenvalue weighted by Gasteiger charge is -2.24. The Bertz CT molecular complexity index is 370. The summed E-state index contributed by atoms with van der Waals surface area (Å²) in [5.41, 5.74) is -1.09. The predicted octanol–water partition coefficient (Wildman–Crippen LogP) is 1.44. The highest BCUT2D eigenvalue weighted by molar-refractivity contribution is 5.28. The first kappa shape index (κ1) is 13.9. The summed E-state index contributed by atoms with van der Waals surface area (Å²) in [6.45, 7) is 6.55. The normalized spacial score (nSPS) is 14.4. The minimum atomic E-state index is -1.28. The first-order valence-corrected chi connectivity index (χ1v) is 5.73. The molecule has 4 nitrogen and oxygen atoms in total. The number of hydrogen-bond acceptors (Lipinski definition) is 4. The third-order valence-electron chi connectivity index (χ3n) is 2.44. The molecule has 0 amide bonds. The zero-order valence-electron chi connectivity index (χ0n) is 10.5. The van der Waals surface area contributed by atoms with E-state index in [1.54, 1.807) is 13.8 Å². The molecular formula is C12H19FN2O2. The molecule has 0 aliphatic heterocycles. The van der Waals surface area contributed by atoms with Crippen LogP contribution in [0.3, 0.4) is 0 Å². The average Bonchev–Trinajstić information content (AvgIpc) is 2.29. The van der Waals surface area contributed by atoms with Gasteiger partial charge in [-0.15, -0.1) is 0 Å². The van der Waals surface area contributed by atoms with Gasteiger partial charge in [0.05, 0.1) is 6.61 Å². The van der Waals surface area contributed by atoms with E-state index in [0.29, 0.717) is 13.2 Å². The molecule has 0 radical (unpaired) electrons. The first-order chi connectivity index (χ1) is 8.03. The fraction of sp³-hybridized carbons (Fsp3) is 0.583. The molecule has 1 aromatic heterocycles. The number of halogens is 1. The standard InChI is InChI=1S/C12H19FN2O2/c1-4-14-8-12(3,16)9-6-7-15-11(10(9)13)17-5-2/h6-7,14,16H,4-5,8H2,1-3H3. The maximum Gasteiger partial charge on any atom is 0.250 e. The van der Waals surface area contributed by atoms with Crippen molar-refractivity contribution in [2.24, 2.45) is 0 Å². The lowest BCUT2D eigenvalue weighted by atomic mass is 9.96. The molecule has 2 N–H and O–H groups in total. The maximum absolute atomic E-state index is 14.0. The largest absolute Gasteiger partial charge is 0.476 e. The van der Waals surface area contributed by atoms with Crippen LogP contribution in [0.15, 0.2) is 12.3 Å². The Morgan fingerprint density at radius 2 is 2.24 bits per heavy atom. The molecule has 1 rings (SSSR count). The van der Waals surface area contributed by atoms with Crippen LogP contribution < -0.4 is 10.1 Å². The Balaban J connectivity index is 3.00. The average molecular weight is 242 g/mol. The summed E-state index contributed by atoms with van der Waals surface area (Å²) in [4.78, 5) is 3.79. The van der Waals surface area contributed by atoms with Crippen LogP contribution in [-0.2, 0) is 5.60 Å². The Hall–Kier alpha value is -1.20. The Morgan fingerprint density at radius 3 is 2.82 bits per heavy atom. The van der Waals surface area contributed by atoms with E-state index in [0.717, 1.165) is 0 Å². The molecule has 0 spiro atoms. The van der Waals surface area contributed by atoms with Crippen molar-refractivity contribution in [3.05, 3.63) is 23.6 Å². The van der Waals surface area contributed by atoms with Crippen LogP contribution in [0.2, 0.25) is 0 Å². The Morgan fingerprint density at radius 1 is 1.53 bits per heavy atom. The smallest absolute Gasteiger partial charge is 0.250 e. The summed E-state index contributed by atoms with van der Waals surface area (Å²) >= 11 is 0. The van der Waals surface area contributed by atoms with Gasteiger partial charge in [-0.3, -0.25) is 0 Å². The molecule has 17 heavy (non-hydrogen) atoms. The van der Waals surface area contributed by atoms with Crippen LogP contribution in [0.1, 0.15) is 26.3 Å². The molecule has 0 saturated carbocycles. The first-order valence-electron chi connectivity index (χ1n) is 5.73. The summed E-state index contributed by atoms with van der Waals surface area (Å²) in [5, 5.41) is 13.2. The highest BCUT2D eigenvalue weighted by atomic mass is 19.1. The van der Waals surface area contributed by atoms with Crippen molar-refractivity contribution in [1.82, 2.24) is 10.3 Å². The molecule has 0 bridgehead atoms. The summed E-state index contributed by atoms with van der Waals surface area (Å²) in [5.74, 6) is -0.668. The lowest BCUT2D eigenvalue weighted by Crippen LogP contribution is -2.36. The fourth-order valence-electron chi connectivity index (χ4n) is 1.54. The van der Waals surface area contributed by atoms with Crippen LogP contribution in [0.25, 0.3) is 0 Å². The van der Waals surface area contributed by atoms with E-state index >= 15 is 0 Å². The predicted molar refractivity (Wildman–Crippen MR) is 63.5 cm³/mol. The summed E-state index contributed by atoms with van der Waals surface area (Å²) in [7, 11) is 0. The van der Waals surface area contributed by atoms with Crippen LogP contribution >= 0.6 is 0 Å². The second-order valence-electron chi connectivity index (χ2n) is 3.96. The number of ether oxygens (including phenoxy) is 1. The van der Waals surface area contributed by atoms with Gasteiger partial charge in [0, 0.05) is 18.3 Å². The van der Waals surface area contributed by atoms with Gasteiger partial charge in [0.2, 0.25) is 0 Å². The summed E-state index contributed by atoms with van der Waals surface area (Å²) in [6.07, 6.45) is 1.43. The fourth-order valence-corrected chi connectivity index (χ4v) is 1.54. The number of rotatable bonds is 6. The van der Waals surface area contributed by atoms with Crippen molar-refractivity contribution < 1.29 is 14.2 Å². The highest BCUT2D eigenvalue weighted by Gasteiger charge is 2.28. The van der Waals surface area contributed by atoms with Crippen LogP contribution in [-0.4, -0.2) is 29.8 Å². The minimum absolute atomic E-state index is 0.0678. The highest BCUT2D eigenvalue weighted by Crippen LogP contribution is 2.27. The van der Waals surface area contributed by atoms with E-state index in [4.69, 9.17) is 4.74 Å². The number of pyridine rings is 1. The molecule has 1 heterocycles. The van der Waals surface area contributed by atoms with E-state index in [9.17, 15) is 9.50 Å². The number of likely N-dealkylation sites (N-methyl/N-ethyl adjacent to an activating group) is 1. The van der Waals surface area contributed by atoms with Gasteiger partial charge in [0.25, 0.3) is 5.88 Å². The van der Waals surface area contributed by atoms with Crippen LogP contribution in [0.5, 0.6) is 5.88 Å². The van der Waals surface area contributed by atoms with Gasteiger partial charge in [0.15, 0.2) is 5.82 Å². The van der Waals surface area contributed by atoms with Crippen molar-refractivity contribution >= 4 is 0 Å². The zero-order chi connectivity index (χ0) is 12.9. The Kier molecular flexibility index (Phi) is 4.84. The molecule has 1 unspecified atom stereocenters. The van der Waals surface area contributed by atoms with Gasteiger partial charge in [-0.2, -0.15) is 0 Å². The van der Waals surface area contributed by atoms with Crippen molar-refractivity contribution in [3.8, 4) is 5.88 Å². The summed E-state index contributed by atoms with van der Waals surface area (Å²) < 4.78 is 19.1. The Labute approximate surface area is 101 Å². The molecule has 1 atom stereocenters. The van der Waals surface area contributed by atoms with Gasteiger partial charge in [-0.25, -0.2) is 9.37 Å². The number of hydrogen-bond donors (Lipinski definition) is 2. The maximum atomic E-state index is 14.0. The summed E-state index contributed by atoms with van der Waals surface area (Å²) in [6, 6.07) is 1.47. The van der Waals surface area contributed by atoms with E-state index < -0.39 is 11.4 Å².